The van der Waals surface area contributed by atoms with Gasteiger partial charge in [0.05, 0.1) is 12.7 Å². The van der Waals surface area contributed by atoms with Gasteiger partial charge in [-0.3, -0.25) is 4.90 Å². The Balaban J connectivity index is 1.36. The summed E-state index contributed by atoms with van der Waals surface area (Å²) < 4.78 is 16.0. The van der Waals surface area contributed by atoms with Crippen molar-refractivity contribution in [2.45, 2.75) is 38.3 Å². The quantitative estimate of drug-likeness (QED) is 0.654. The second kappa shape index (κ2) is 9.78. The highest BCUT2D eigenvalue weighted by molar-refractivity contribution is 5.73. The maximum atomic E-state index is 5.93. The zero-order chi connectivity index (χ0) is 19.2. The molecule has 0 N–H and O–H groups in total. The molecule has 0 radical (unpaired) electrons. The lowest BCUT2D eigenvalue weighted by Crippen LogP contribution is -2.41. The van der Waals surface area contributed by atoms with Crippen LogP contribution in [0.4, 0.5) is 0 Å². The molecule has 0 aliphatic carbocycles. The van der Waals surface area contributed by atoms with Crippen LogP contribution in [-0.2, 0) is 16.0 Å². The second-order valence-corrected chi connectivity index (χ2v) is 8.19. The van der Waals surface area contributed by atoms with Crippen molar-refractivity contribution in [1.82, 2.24) is 20.1 Å². The number of hydrogen-bond acceptors (Lipinski definition) is 7. The smallest absolute Gasteiger partial charge is 0.135 e. The monoisotopic (exact) mass is 388 g/mol. The van der Waals surface area contributed by atoms with Crippen LogP contribution in [0.2, 0.25) is 0 Å². The Morgan fingerprint density at radius 3 is 2.79 bits per heavy atom. The largest absolute Gasteiger partial charge is 0.383 e. The Bertz CT molecular complexity index is 723. The molecular formula is C21H32N4O3. The third-order valence-corrected chi connectivity index (χ3v) is 6.05. The highest BCUT2D eigenvalue weighted by Crippen LogP contribution is 2.22. The van der Waals surface area contributed by atoms with Gasteiger partial charge in [-0.1, -0.05) is 6.07 Å². The van der Waals surface area contributed by atoms with Gasteiger partial charge in [0.2, 0.25) is 0 Å². The molecule has 4 rings (SSSR count). The minimum atomic E-state index is 0.374. The van der Waals surface area contributed by atoms with E-state index in [2.05, 4.69) is 32.2 Å². The average molecular weight is 389 g/mol. The van der Waals surface area contributed by atoms with E-state index in [4.69, 9.17) is 14.1 Å². The van der Waals surface area contributed by atoms with Crippen molar-refractivity contribution in [3.63, 3.8) is 0 Å². The van der Waals surface area contributed by atoms with E-state index in [0.29, 0.717) is 6.10 Å². The molecule has 7 heteroatoms. The minimum Gasteiger partial charge on any atom is -0.383 e. The van der Waals surface area contributed by atoms with Crippen molar-refractivity contribution in [3.8, 4) is 0 Å². The fourth-order valence-electron chi connectivity index (χ4n) is 4.44. The Morgan fingerprint density at radius 1 is 1.14 bits per heavy atom. The average Bonchev–Trinajstić information content (AvgIpc) is 3.39. The highest BCUT2D eigenvalue weighted by Gasteiger charge is 2.24. The maximum Gasteiger partial charge on any atom is 0.135 e. The molecule has 2 aromatic rings. The molecule has 2 aliphatic heterocycles. The number of ether oxygens (including phenoxy) is 2. The van der Waals surface area contributed by atoms with Gasteiger partial charge < -0.3 is 14.4 Å². The normalized spacial score (nSPS) is 21.9. The van der Waals surface area contributed by atoms with Crippen LogP contribution in [0.25, 0.3) is 11.0 Å². The molecule has 2 aliphatic rings. The number of benzene rings is 1. The Labute approximate surface area is 166 Å². The number of likely N-dealkylation sites (tertiary alicyclic amines) is 1. The standard InChI is InChI=1S/C21H32N4O3/c1-26-12-10-24-8-6-17(7-9-24)14-25(16-19-3-2-11-27-19)15-18-4-5-20-21(13-18)23-28-22-20/h4-5,13,17,19H,2-3,6-12,14-16H2,1H3/t19-/m1/s1. The van der Waals surface area contributed by atoms with Crippen LogP contribution in [0.1, 0.15) is 31.2 Å². The molecular weight excluding hydrogens is 356 g/mol. The van der Waals surface area contributed by atoms with Crippen LogP contribution in [0, 0.1) is 5.92 Å². The van der Waals surface area contributed by atoms with Gasteiger partial charge in [-0.25, -0.2) is 4.63 Å². The van der Waals surface area contributed by atoms with Gasteiger partial charge in [0.15, 0.2) is 0 Å². The van der Waals surface area contributed by atoms with E-state index in [0.717, 1.165) is 56.3 Å². The molecule has 2 fully saturated rings. The number of piperidine rings is 1. The molecule has 0 saturated carbocycles. The van der Waals surface area contributed by atoms with E-state index in [9.17, 15) is 0 Å². The summed E-state index contributed by atoms with van der Waals surface area (Å²) >= 11 is 0. The second-order valence-electron chi connectivity index (χ2n) is 8.19. The van der Waals surface area contributed by atoms with Gasteiger partial charge in [-0.05, 0) is 72.7 Å². The first-order valence-corrected chi connectivity index (χ1v) is 10.6. The summed E-state index contributed by atoms with van der Waals surface area (Å²) in [6.07, 6.45) is 5.26. The van der Waals surface area contributed by atoms with E-state index in [-0.39, 0.29) is 0 Å². The van der Waals surface area contributed by atoms with E-state index in [1.54, 1.807) is 7.11 Å². The van der Waals surface area contributed by atoms with Gasteiger partial charge >= 0.3 is 0 Å². The zero-order valence-corrected chi connectivity index (χ0v) is 16.9. The summed E-state index contributed by atoms with van der Waals surface area (Å²) in [6, 6.07) is 6.24. The number of methoxy groups -OCH3 is 1. The molecule has 28 heavy (non-hydrogen) atoms. The maximum absolute atomic E-state index is 5.93. The first kappa shape index (κ1) is 19.8. The van der Waals surface area contributed by atoms with Crippen LogP contribution in [0.3, 0.4) is 0 Å². The molecule has 3 heterocycles. The lowest BCUT2D eigenvalue weighted by Gasteiger charge is -2.35. The van der Waals surface area contributed by atoms with Gasteiger partial charge in [0, 0.05) is 39.9 Å². The SMILES string of the molecule is COCCN1CCC(CN(Cc2ccc3nonc3c2)C[C@H]2CCCO2)CC1. The van der Waals surface area contributed by atoms with E-state index >= 15 is 0 Å². The first-order valence-electron chi connectivity index (χ1n) is 10.6. The number of fused-ring (bicyclic) bond motifs is 1. The van der Waals surface area contributed by atoms with Crippen molar-refractivity contribution in [2.24, 2.45) is 5.92 Å². The molecule has 7 nitrogen and oxygen atoms in total. The van der Waals surface area contributed by atoms with Gasteiger partial charge in [-0.2, -0.15) is 0 Å². The number of hydrogen-bond donors (Lipinski definition) is 0. The zero-order valence-electron chi connectivity index (χ0n) is 16.9. The lowest BCUT2D eigenvalue weighted by molar-refractivity contribution is 0.0552. The minimum absolute atomic E-state index is 0.374. The number of rotatable bonds is 9. The van der Waals surface area contributed by atoms with Crippen LogP contribution >= 0.6 is 0 Å². The Kier molecular flexibility index (Phi) is 6.90. The first-order chi connectivity index (χ1) is 13.8. The lowest BCUT2D eigenvalue weighted by atomic mass is 9.95. The van der Waals surface area contributed by atoms with Crippen LogP contribution in [0.5, 0.6) is 0 Å². The van der Waals surface area contributed by atoms with E-state index < -0.39 is 0 Å². The summed E-state index contributed by atoms with van der Waals surface area (Å²) in [5.74, 6) is 0.748. The summed E-state index contributed by atoms with van der Waals surface area (Å²) in [6.45, 7) is 8.21. The van der Waals surface area contributed by atoms with E-state index in [1.165, 1.54) is 44.3 Å². The van der Waals surface area contributed by atoms with Crippen molar-refractivity contribution >= 4 is 11.0 Å². The molecule has 0 spiro atoms. The van der Waals surface area contributed by atoms with Crippen LogP contribution in [0.15, 0.2) is 22.8 Å². The molecule has 154 valence electrons. The van der Waals surface area contributed by atoms with Crippen molar-refractivity contribution in [2.75, 3.05) is 53.0 Å². The number of nitrogens with zero attached hydrogens (tertiary/aromatic N) is 4. The molecule has 1 aromatic heterocycles. The topological polar surface area (TPSA) is 63.9 Å². The van der Waals surface area contributed by atoms with Crippen LogP contribution in [-0.4, -0.2) is 79.3 Å². The summed E-state index contributed by atoms with van der Waals surface area (Å²) in [5.41, 5.74) is 2.91. The van der Waals surface area contributed by atoms with Crippen molar-refractivity contribution in [3.05, 3.63) is 23.8 Å². The molecule has 0 unspecified atom stereocenters. The molecule has 0 amide bonds. The molecule has 2 saturated heterocycles. The van der Waals surface area contributed by atoms with Gasteiger partial charge in [0.1, 0.15) is 11.0 Å². The number of aromatic nitrogens is 2. The third-order valence-electron chi connectivity index (χ3n) is 6.05. The van der Waals surface area contributed by atoms with Gasteiger partial charge in [-0.15, -0.1) is 0 Å². The Morgan fingerprint density at radius 2 is 2.00 bits per heavy atom. The predicted octanol–water partition coefficient (Wildman–Crippen LogP) is 2.56. The third kappa shape index (κ3) is 5.29. The molecule has 1 atom stereocenters. The summed E-state index contributed by atoms with van der Waals surface area (Å²) in [4.78, 5) is 5.11. The summed E-state index contributed by atoms with van der Waals surface area (Å²) in [5, 5.41) is 7.90. The fourth-order valence-corrected chi connectivity index (χ4v) is 4.44. The van der Waals surface area contributed by atoms with Crippen LogP contribution < -0.4 is 0 Å². The van der Waals surface area contributed by atoms with Crippen molar-refractivity contribution < 1.29 is 14.1 Å². The molecule has 1 aromatic carbocycles. The van der Waals surface area contributed by atoms with Crippen molar-refractivity contribution in [1.29, 1.82) is 0 Å². The van der Waals surface area contributed by atoms with Gasteiger partial charge in [0.25, 0.3) is 0 Å². The molecule has 0 bridgehead atoms. The van der Waals surface area contributed by atoms with E-state index in [1.807, 2.05) is 6.07 Å². The highest BCUT2D eigenvalue weighted by atomic mass is 16.6. The Hall–Kier alpha value is -1.54. The summed E-state index contributed by atoms with van der Waals surface area (Å²) in [7, 11) is 1.78. The predicted molar refractivity (Wildman–Crippen MR) is 107 cm³/mol. The fraction of sp³-hybridized carbons (Fsp3) is 0.714.